The van der Waals surface area contributed by atoms with Crippen molar-refractivity contribution < 1.29 is 5.11 Å². The zero-order valence-electron chi connectivity index (χ0n) is 12.3. The van der Waals surface area contributed by atoms with E-state index in [4.69, 9.17) is 0 Å². The first-order chi connectivity index (χ1) is 8.93. The Morgan fingerprint density at radius 2 is 2.11 bits per heavy atom. The highest BCUT2D eigenvalue weighted by atomic mass is 16.3. The molecule has 0 atom stereocenters. The highest BCUT2D eigenvalue weighted by Gasteiger charge is 2.28. The van der Waals surface area contributed by atoms with Gasteiger partial charge in [-0.3, -0.25) is 0 Å². The molecule has 0 spiro atoms. The SMILES string of the molecule is CCN(CC(C)(C)O)c1cc(NC)nc(C2CC2)n1. The maximum absolute atomic E-state index is 10.00. The molecule has 2 rings (SSSR count). The molecule has 1 saturated carbocycles. The standard InChI is InChI=1S/C14H24N4O/c1-5-18(9-14(2,3)19)12-8-11(15-4)16-13(17-12)10-6-7-10/h8,10,19H,5-7,9H2,1-4H3,(H,15,16,17). The normalized spacial score (nSPS) is 15.4. The van der Waals surface area contributed by atoms with Crippen molar-refractivity contribution in [3.05, 3.63) is 11.9 Å². The molecular formula is C14H24N4O. The second-order valence-corrected chi connectivity index (χ2v) is 5.82. The maximum atomic E-state index is 10.00. The largest absolute Gasteiger partial charge is 0.389 e. The van der Waals surface area contributed by atoms with Crippen LogP contribution in [0.3, 0.4) is 0 Å². The molecule has 1 aliphatic rings. The number of nitrogens with zero attached hydrogens (tertiary/aromatic N) is 3. The summed E-state index contributed by atoms with van der Waals surface area (Å²) in [5.74, 6) is 3.19. The van der Waals surface area contributed by atoms with E-state index in [-0.39, 0.29) is 0 Å². The molecule has 0 saturated heterocycles. The Kier molecular flexibility index (Phi) is 3.94. The van der Waals surface area contributed by atoms with E-state index in [0.29, 0.717) is 12.5 Å². The van der Waals surface area contributed by atoms with Crippen molar-refractivity contribution in [3.8, 4) is 0 Å². The van der Waals surface area contributed by atoms with E-state index in [0.717, 1.165) is 24.0 Å². The molecule has 0 radical (unpaired) electrons. The van der Waals surface area contributed by atoms with E-state index in [1.165, 1.54) is 12.8 Å². The second-order valence-electron chi connectivity index (χ2n) is 5.82. The molecule has 1 fully saturated rings. The summed E-state index contributed by atoms with van der Waals surface area (Å²) in [5.41, 5.74) is -0.736. The maximum Gasteiger partial charge on any atom is 0.136 e. The Morgan fingerprint density at radius 3 is 2.58 bits per heavy atom. The van der Waals surface area contributed by atoms with Gasteiger partial charge < -0.3 is 15.3 Å². The molecule has 0 aliphatic heterocycles. The first kappa shape index (κ1) is 14.1. The van der Waals surface area contributed by atoms with Crippen LogP contribution in [-0.4, -0.2) is 40.8 Å². The molecular weight excluding hydrogens is 240 g/mol. The molecule has 5 nitrogen and oxygen atoms in total. The van der Waals surface area contributed by atoms with E-state index in [1.807, 2.05) is 27.0 Å². The van der Waals surface area contributed by atoms with E-state index in [9.17, 15) is 5.11 Å². The van der Waals surface area contributed by atoms with Gasteiger partial charge in [0, 0.05) is 32.1 Å². The summed E-state index contributed by atoms with van der Waals surface area (Å²) in [6.07, 6.45) is 2.37. The quantitative estimate of drug-likeness (QED) is 0.823. The zero-order valence-corrected chi connectivity index (χ0v) is 12.3. The number of anilines is 2. The zero-order chi connectivity index (χ0) is 14.0. The fourth-order valence-corrected chi connectivity index (χ4v) is 2.09. The Labute approximate surface area is 115 Å². The number of aromatic nitrogens is 2. The lowest BCUT2D eigenvalue weighted by molar-refractivity contribution is 0.0874. The van der Waals surface area contributed by atoms with Crippen LogP contribution in [-0.2, 0) is 0 Å². The summed E-state index contributed by atoms with van der Waals surface area (Å²) < 4.78 is 0. The first-order valence-corrected chi connectivity index (χ1v) is 6.97. The topological polar surface area (TPSA) is 61.3 Å². The Morgan fingerprint density at radius 1 is 1.42 bits per heavy atom. The fraction of sp³-hybridized carbons (Fsp3) is 0.714. The Bertz CT molecular complexity index is 438. The molecule has 1 aromatic heterocycles. The minimum absolute atomic E-state index is 0.521. The van der Waals surface area contributed by atoms with E-state index in [2.05, 4.69) is 27.1 Å². The van der Waals surface area contributed by atoms with Gasteiger partial charge in [0.2, 0.25) is 0 Å². The number of likely N-dealkylation sites (N-methyl/N-ethyl adjacent to an activating group) is 1. The molecule has 19 heavy (non-hydrogen) atoms. The molecule has 106 valence electrons. The summed E-state index contributed by atoms with van der Waals surface area (Å²) in [7, 11) is 1.87. The molecule has 1 aliphatic carbocycles. The van der Waals surface area contributed by atoms with Crippen molar-refractivity contribution in [2.24, 2.45) is 0 Å². The summed E-state index contributed by atoms with van der Waals surface area (Å²) in [4.78, 5) is 11.3. The summed E-state index contributed by atoms with van der Waals surface area (Å²) in [6.45, 7) is 7.08. The minimum atomic E-state index is -0.736. The van der Waals surface area contributed by atoms with Crippen LogP contribution in [0.1, 0.15) is 45.4 Å². The molecule has 1 aromatic rings. The smallest absolute Gasteiger partial charge is 0.136 e. The average molecular weight is 264 g/mol. The molecule has 0 aromatic carbocycles. The Balaban J connectivity index is 2.27. The van der Waals surface area contributed by atoms with Gasteiger partial charge in [0.05, 0.1) is 5.60 Å². The minimum Gasteiger partial charge on any atom is -0.389 e. The number of aliphatic hydroxyl groups is 1. The van der Waals surface area contributed by atoms with Gasteiger partial charge in [-0.05, 0) is 33.6 Å². The van der Waals surface area contributed by atoms with Crippen LogP contribution in [0, 0.1) is 0 Å². The number of hydrogen-bond donors (Lipinski definition) is 2. The lowest BCUT2D eigenvalue weighted by Crippen LogP contribution is -2.39. The van der Waals surface area contributed by atoms with Gasteiger partial charge in [-0.15, -0.1) is 0 Å². The second kappa shape index (κ2) is 5.33. The van der Waals surface area contributed by atoms with E-state index < -0.39 is 5.60 Å². The predicted molar refractivity (Wildman–Crippen MR) is 77.7 cm³/mol. The van der Waals surface area contributed by atoms with Crippen molar-refractivity contribution in [1.29, 1.82) is 0 Å². The summed E-state index contributed by atoms with van der Waals surface area (Å²) in [5, 5.41) is 13.1. The van der Waals surface area contributed by atoms with E-state index in [1.54, 1.807) is 0 Å². The number of hydrogen-bond acceptors (Lipinski definition) is 5. The molecule has 0 unspecified atom stereocenters. The third-order valence-electron chi connectivity index (χ3n) is 3.21. The molecule has 5 heteroatoms. The van der Waals surface area contributed by atoms with Crippen LogP contribution < -0.4 is 10.2 Å². The highest BCUT2D eigenvalue weighted by molar-refractivity contribution is 5.50. The van der Waals surface area contributed by atoms with Crippen molar-refractivity contribution in [1.82, 2.24) is 9.97 Å². The van der Waals surface area contributed by atoms with Gasteiger partial charge in [0.15, 0.2) is 0 Å². The van der Waals surface area contributed by atoms with Crippen molar-refractivity contribution in [2.45, 2.75) is 45.1 Å². The predicted octanol–water partition coefficient (Wildman–Crippen LogP) is 1.99. The number of rotatable bonds is 6. The van der Waals surface area contributed by atoms with Gasteiger partial charge in [-0.2, -0.15) is 0 Å². The third kappa shape index (κ3) is 3.80. The van der Waals surface area contributed by atoms with Crippen LogP contribution in [0.5, 0.6) is 0 Å². The van der Waals surface area contributed by atoms with Crippen LogP contribution in [0.2, 0.25) is 0 Å². The lowest BCUT2D eigenvalue weighted by atomic mass is 10.1. The van der Waals surface area contributed by atoms with Crippen LogP contribution in [0.15, 0.2) is 6.07 Å². The lowest BCUT2D eigenvalue weighted by Gasteiger charge is -2.29. The Hall–Kier alpha value is -1.36. The van der Waals surface area contributed by atoms with Crippen molar-refractivity contribution in [2.75, 3.05) is 30.4 Å². The summed E-state index contributed by atoms with van der Waals surface area (Å²) in [6, 6.07) is 1.95. The van der Waals surface area contributed by atoms with Gasteiger partial charge in [-0.25, -0.2) is 9.97 Å². The van der Waals surface area contributed by atoms with Crippen LogP contribution in [0.4, 0.5) is 11.6 Å². The van der Waals surface area contributed by atoms with Crippen LogP contribution in [0.25, 0.3) is 0 Å². The highest BCUT2D eigenvalue weighted by Crippen LogP contribution is 2.39. The first-order valence-electron chi connectivity index (χ1n) is 6.97. The van der Waals surface area contributed by atoms with Gasteiger partial charge >= 0.3 is 0 Å². The fourth-order valence-electron chi connectivity index (χ4n) is 2.09. The molecule has 1 heterocycles. The number of nitrogens with one attached hydrogen (secondary N) is 1. The molecule has 0 amide bonds. The van der Waals surface area contributed by atoms with Gasteiger partial charge in [0.1, 0.15) is 17.5 Å². The van der Waals surface area contributed by atoms with E-state index >= 15 is 0 Å². The third-order valence-corrected chi connectivity index (χ3v) is 3.21. The van der Waals surface area contributed by atoms with Crippen molar-refractivity contribution >= 4 is 11.6 Å². The average Bonchev–Trinajstić information content (AvgIpc) is 3.18. The van der Waals surface area contributed by atoms with Crippen LogP contribution >= 0.6 is 0 Å². The van der Waals surface area contributed by atoms with Gasteiger partial charge in [-0.1, -0.05) is 0 Å². The molecule has 0 bridgehead atoms. The summed E-state index contributed by atoms with van der Waals surface area (Å²) >= 11 is 0. The molecule has 2 N–H and O–H groups in total. The monoisotopic (exact) mass is 264 g/mol. The van der Waals surface area contributed by atoms with Gasteiger partial charge in [0.25, 0.3) is 0 Å². The van der Waals surface area contributed by atoms with Crippen molar-refractivity contribution in [3.63, 3.8) is 0 Å².